The van der Waals surface area contributed by atoms with Crippen LogP contribution in [-0.2, 0) is 42.8 Å². The van der Waals surface area contributed by atoms with E-state index in [0.29, 0.717) is 19.3 Å². The van der Waals surface area contributed by atoms with Crippen molar-refractivity contribution in [2.45, 2.75) is 484 Å². The Balaban J connectivity index is 1.47. The third kappa shape index (κ3) is 41.5. The molecule has 23 nitrogen and oxygen atoms in total. The zero-order valence-corrected chi connectivity index (χ0v) is 66.6. The third-order valence-corrected chi connectivity index (χ3v) is 22.3. The van der Waals surface area contributed by atoms with Crippen LogP contribution >= 0.6 is 0 Å². The molecule has 3 aliphatic heterocycles. The topological polar surface area (TPSA) is 373 Å². The molecule has 0 radical (unpaired) electrons. The number of aliphatic hydroxyl groups is 11. The summed E-state index contributed by atoms with van der Waals surface area (Å²) in [6, 6.07) is -2.53. The van der Waals surface area contributed by atoms with E-state index in [1.165, 1.54) is 276 Å². The molecule has 3 fully saturated rings. The molecule has 14 N–H and O–H groups in total. The van der Waals surface area contributed by atoms with Crippen molar-refractivity contribution in [2.75, 3.05) is 26.4 Å². The standard InChI is InChI=1S/C83H158N2O21/c1-4-6-8-10-12-14-16-18-20-22-24-26-28-30-31-32-33-35-37-39-41-43-45-47-49-51-53-55-57-70(93)85-64(65(90)56-54-52-50-48-46-44-42-40-38-36-34-29-27-25-23-21-19-17-15-13-11-9-7-5-2)62-101-80-75(97)74(96)77(69(61-88)103-80)104-81-76(98)79(73(95)68(60-87)102-81)106-83(82(99)100)58-66(91)71(84-63(3)89)78(105-83)72(94)67(92)59-86/h64-69,71-81,86-88,90-92,94-98H,4-62H2,1-3H3,(H,84,89)(H,85,93)(H,99,100). The van der Waals surface area contributed by atoms with E-state index in [2.05, 4.69) is 24.5 Å². The van der Waals surface area contributed by atoms with Crippen LogP contribution < -0.4 is 10.6 Å². The number of rotatable bonds is 70. The number of carboxylic acids is 1. The molecule has 626 valence electrons. The first kappa shape index (κ1) is 97.9. The maximum atomic E-state index is 13.6. The van der Waals surface area contributed by atoms with Crippen molar-refractivity contribution in [1.29, 1.82) is 0 Å². The van der Waals surface area contributed by atoms with Crippen LogP contribution in [0.2, 0.25) is 0 Å². The van der Waals surface area contributed by atoms with Gasteiger partial charge in [0.2, 0.25) is 11.8 Å². The quantitative estimate of drug-likeness (QED) is 0.0252. The maximum Gasteiger partial charge on any atom is 0.364 e. The number of nitrogens with one attached hydrogen (secondary N) is 2. The molecule has 18 unspecified atom stereocenters. The molecule has 18 atom stereocenters. The van der Waals surface area contributed by atoms with E-state index >= 15 is 0 Å². The average Bonchev–Trinajstić information content (AvgIpc) is 0.754. The van der Waals surface area contributed by atoms with Crippen molar-refractivity contribution in [3.63, 3.8) is 0 Å². The summed E-state index contributed by atoms with van der Waals surface area (Å²) < 4.78 is 35.0. The number of amides is 2. The van der Waals surface area contributed by atoms with Crippen LogP contribution in [-0.4, -0.2) is 215 Å². The third-order valence-electron chi connectivity index (χ3n) is 22.3. The van der Waals surface area contributed by atoms with Crippen molar-refractivity contribution in [3.05, 3.63) is 0 Å². The van der Waals surface area contributed by atoms with Crippen LogP contribution in [0.15, 0.2) is 0 Å². The molecule has 23 heteroatoms. The molecule has 3 saturated heterocycles. The van der Waals surface area contributed by atoms with Gasteiger partial charge in [-0.15, -0.1) is 0 Å². The highest BCUT2D eigenvalue weighted by Gasteiger charge is 2.60. The molecule has 0 aromatic carbocycles. The van der Waals surface area contributed by atoms with Crippen molar-refractivity contribution in [3.8, 4) is 0 Å². The lowest BCUT2D eigenvalue weighted by Gasteiger charge is -2.50. The predicted molar refractivity (Wildman–Crippen MR) is 412 cm³/mol. The van der Waals surface area contributed by atoms with Crippen molar-refractivity contribution in [2.24, 2.45) is 0 Å². The number of unbranched alkanes of at least 4 members (excludes halogenated alkanes) is 50. The average molecular weight is 1520 g/mol. The van der Waals surface area contributed by atoms with Crippen molar-refractivity contribution >= 4 is 17.8 Å². The second-order valence-electron chi connectivity index (χ2n) is 31.8. The van der Waals surface area contributed by atoms with E-state index in [-0.39, 0.29) is 18.9 Å². The molecule has 3 rings (SSSR count). The van der Waals surface area contributed by atoms with Crippen LogP contribution in [0.25, 0.3) is 0 Å². The van der Waals surface area contributed by atoms with Gasteiger partial charge in [0, 0.05) is 19.8 Å². The summed E-state index contributed by atoms with van der Waals surface area (Å²) in [5.74, 6) is -6.08. The number of aliphatic carboxylic acids is 1. The number of carboxylic acid groups (broad SMARTS) is 1. The molecule has 0 bridgehead atoms. The van der Waals surface area contributed by atoms with Gasteiger partial charge in [-0.2, -0.15) is 0 Å². The summed E-state index contributed by atoms with van der Waals surface area (Å²) in [6.45, 7) is 2.29. The highest BCUT2D eigenvalue weighted by Crippen LogP contribution is 2.39. The van der Waals surface area contributed by atoms with E-state index in [9.17, 15) is 75.7 Å². The first-order valence-corrected chi connectivity index (χ1v) is 43.4. The molecule has 106 heavy (non-hydrogen) atoms. The zero-order valence-electron chi connectivity index (χ0n) is 66.6. The summed E-state index contributed by atoms with van der Waals surface area (Å²) in [5.41, 5.74) is 0. The summed E-state index contributed by atoms with van der Waals surface area (Å²) >= 11 is 0. The first-order chi connectivity index (χ1) is 51.4. The van der Waals surface area contributed by atoms with E-state index in [0.717, 1.165) is 51.9 Å². The normalized spacial score (nSPS) is 26.0. The van der Waals surface area contributed by atoms with Crippen LogP contribution in [0.4, 0.5) is 0 Å². The van der Waals surface area contributed by atoms with Gasteiger partial charge in [0.15, 0.2) is 12.6 Å². The summed E-state index contributed by atoms with van der Waals surface area (Å²) in [7, 11) is 0. The van der Waals surface area contributed by atoms with Gasteiger partial charge in [-0.05, 0) is 12.8 Å². The lowest BCUT2D eigenvalue weighted by molar-refractivity contribution is -0.386. The van der Waals surface area contributed by atoms with Gasteiger partial charge in [-0.25, -0.2) is 4.79 Å². The van der Waals surface area contributed by atoms with Gasteiger partial charge in [-0.1, -0.05) is 341 Å². The fourth-order valence-electron chi connectivity index (χ4n) is 15.5. The molecular formula is C83H158N2O21. The lowest BCUT2D eigenvalue weighted by atomic mass is 9.88. The van der Waals surface area contributed by atoms with E-state index in [1.807, 2.05) is 0 Å². The van der Waals surface area contributed by atoms with Gasteiger partial charge >= 0.3 is 5.97 Å². The second-order valence-corrected chi connectivity index (χ2v) is 31.8. The van der Waals surface area contributed by atoms with Crippen molar-refractivity contribution < 1.29 is 104 Å². The van der Waals surface area contributed by atoms with Crippen LogP contribution in [0.5, 0.6) is 0 Å². The largest absolute Gasteiger partial charge is 0.477 e. The SMILES string of the molecule is CCCCCCCCCCCCCCCCCCCCCCCCCCCCCCC(=O)NC(COC1OC(CO)C(OC2OC(CO)C(O)C(OC3(C(=O)O)CC(O)C(NC(C)=O)C(C(O)C(O)CO)O3)C2O)C(O)C1O)C(O)CCCCCCCCCCCCCCCCCCCCCCCCCC. The number of carbonyl (C=O) groups is 3. The Morgan fingerprint density at radius 3 is 1.18 bits per heavy atom. The number of carbonyl (C=O) groups excluding carboxylic acids is 2. The number of hydrogen-bond donors (Lipinski definition) is 14. The minimum Gasteiger partial charge on any atom is -0.477 e. The smallest absolute Gasteiger partial charge is 0.364 e. The minimum atomic E-state index is -3.08. The van der Waals surface area contributed by atoms with E-state index < -0.39 is 148 Å². The highest BCUT2D eigenvalue weighted by atomic mass is 16.8. The molecule has 0 spiro atoms. The minimum absolute atomic E-state index is 0.230. The molecule has 0 aromatic rings. The Labute approximate surface area is 639 Å². The van der Waals surface area contributed by atoms with Gasteiger partial charge in [0.25, 0.3) is 5.79 Å². The fraction of sp³-hybridized carbons (Fsp3) is 0.964. The molecule has 2 amide bonds. The maximum absolute atomic E-state index is 13.6. The zero-order chi connectivity index (χ0) is 77.4. The van der Waals surface area contributed by atoms with Gasteiger partial charge in [0.1, 0.15) is 67.1 Å². The summed E-state index contributed by atoms with van der Waals surface area (Å²) in [4.78, 5) is 38.8. The molecule has 0 saturated carbocycles. The molecular weight excluding hydrogens is 1360 g/mol. The van der Waals surface area contributed by atoms with Gasteiger partial charge in [-0.3, -0.25) is 9.59 Å². The lowest BCUT2D eigenvalue weighted by Crippen LogP contribution is -2.70. The molecule has 0 aromatic heterocycles. The van der Waals surface area contributed by atoms with Gasteiger partial charge < -0.3 is 100 Å². The Bertz CT molecular complexity index is 2110. The summed E-state index contributed by atoms with van der Waals surface area (Å²) in [6.07, 6.45) is 38.1. The Hall–Kier alpha value is -2.27. The van der Waals surface area contributed by atoms with Crippen LogP contribution in [0, 0.1) is 0 Å². The Morgan fingerprint density at radius 2 is 0.821 bits per heavy atom. The summed E-state index contributed by atoms with van der Waals surface area (Å²) in [5, 5.41) is 137. The van der Waals surface area contributed by atoms with Crippen molar-refractivity contribution in [1.82, 2.24) is 10.6 Å². The Morgan fingerprint density at radius 1 is 0.453 bits per heavy atom. The van der Waals surface area contributed by atoms with E-state index in [1.54, 1.807) is 0 Å². The predicted octanol–water partition coefficient (Wildman–Crippen LogP) is 12.8. The first-order valence-electron chi connectivity index (χ1n) is 43.4. The molecule has 3 aliphatic rings. The van der Waals surface area contributed by atoms with Gasteiger partial charge in [0.05, 0.1) is 50.7 Å². The monoisotopic (exact) mass is 1520 g/mol. The second kappa shape index (κ2) is 62.2. The number of ether oxygens (including phenoxy) is 6. The van der Waals surface area contributed by atoms with Crippen LogP contribution in [0.3, 0.4) is 0 Å². The van der Waals surface area contributed by atoms with E-state index in [4.69, 9.17) is 28.4 Å². The number of hydrogen-bond acceptors (Lipinski definition) is 20. The number of aliphatic hydroxyl groups excluding tert-OH is 11. The highest BCUT2D eigenvalue weighted by molar-refractivity contribution is 5.77. The Kier molecular flexibility index (Phi) is 57.5. The molecule has 3 heterocycles. The molecule has 0 aliphatic carbocycles. The van der Waals surface area contributed by atoms with Crippen LogP contribution in [0.1, 0.15) is 374 Å². The fourth-order valence-corrected chi connectivity index (χ4v) is 15.5.